The SMILES string of the molecule is Cc1cc(C(=O)[C@H]2CC[C@H]3[C@@H]4CC[C@H]5C[C@@H](C)CC[C@@H]5C4CC[C@]23C)ccc1F. The number of carbonyl (C=O) groups is 1. The first-order valence-electron chi connectivity index (χ1n) is 12.2. The van der Waals surface area contributed by atoms with Crippen molar-refractivity contribution in [3.05, 3.63) is 35.1 Å². The second-order valence-electron chi connectivity index (χ2n) is 11.4. The normalized spacial score (nSPS) is 43.9. The van der Waals surface area contributed by atoms with Crippen LogP contribution in [0.15, 0.2) is 18.2 Å². The van der Waals surface area contributed by atoms with E-state index < -0.39 is 0 Å². The van der Waals surface area contributed by atoms with Gasteiger partial charge < -0.3 is 0 Å². The van der Waals surface area contributed by atoms with Crippen molar-refractivity contribution in [2.45, 2.75) is 78.6 Å². The Morgan fingerprint density at radius 3 is 2.59 bits per heavy atom. The van der Waals surface area contributed by atoms with E-state index in [0.717, 1.165) is 47.5 Å². The zero-order chi connectivity index (χ0) is 20.3. The van der Waals surface area contributed by atoms with E-state index in [1.54, 1.807) is 19.1 Å². The van der Waals surface area contributed by atoms with Gasteiger partial charge in [-0.15, -0.1) is 0 Å². The van der Waals surface area contributed by atoms with Gasteiger partial charge in [-0.2, -0.15) is 0 Å². The maximum absolute atomic E-state index is 13.7. The van der Waals surface area contributed by atoms with Gasteiger partial charge in [-0.05, 0) is 123 Å². The molecule has 0 heterocycles. The van der Waals surface area contributed by atoms with Crippen molar-refractivity contribution >= 4 is 5.78 Å². The van der Waals surface area contributed by atoms with Gasteiger partial charge >= 0.3 is 0 Å². The fourth-order valence-corrected chi connectivity index (χ4v) is 8.52. The smallest absolute Gasteiger partial charge is 0.166 e. The van der Waals surface area contributed by atoms with Crippen molar-refractivity contribution in [3.8, 4) is 0 Å². The highest BCUT2D eigenvalue weighted by Gasteiger charge is 2.58. The van der Waals surface area contributed by atoms with Crippen LogP contribution in [-0.2, 0) is 0 Å². The number of halogens is 1. The quantitative estimate of drug-likeness (QED) is 0.482. The lowest BCUT2D eigenvalue weighted by molar-refractivity contribution is -0.0634. The molecule has 4 saturated carbocycles. The maximum atomic E-state index is 13.7. The van der Waals surface area contributed by atoms with Gasteiger partial charge in [0.25, 0.3) is 0 Å². The predicted octanol–water partition coefficient (Wildman–Crippen LogP) is 7.22. The minimum Gasteiger partial charge on any atom is -0.294 e. The molecule has 0 bridgehead atoms. The summed E-state index contributed by atoms with van der Waals surface area (Å²) in [6, 6.07) is 4.95. The fourth-order valence-electron chi connectivity index (χ4n) is 8.52. The molecule has 8 atom stereocenters. The van der Waals surface area contributed by atoms with Crippen molar-refractivity contribution in [1.29, 1.82) is 0 Å². The number of Topliss-reactive ketones (excluding diaryl/α,β-unsaturated/α-hetero) is 1. The molecule has 4 aliphatic carbocycles. The van der Waals surface area contributed by atoms with Gasteiger partial charge in [0.05, 0.1) is 0 Å². The molecule has 158 valence electrons. The van der Waals surface area contributed by atoms with Gasteiger partial charge in [-0.1, -0.05) is 20.3 Å². The third kappa shape index (κ3) is 3.12. The van der Waals surface area contributed by atoms with E-state index in [4.69, 9.17) is 0 Å². The van der Waals surface area contributed by atoms with Gasteiger partial charge in [0.1, 0.15) is 5.82 Å². The molecule has 5 rings (SSSR count). The molecule has 0 amide bonds. The zero-order valence-corrected chi connectivity index (χ0v) is 18.4. The molecule has 0 spiro atoms. The van der Waals surface area contributed by atoms with Crippen LogP contribution in [-0.4, -0.2) is 5.78 Å². The van der Waals surface area contributed by atoms with Gasteiger partial charge in [-0.3, -0.25) is 4.79 Å². The average Bonchev–Trinajstić information content (AvgIpc) is 3.06. The topological polar surface area (TPSA) is 17.1 Å². The average molecular weight is 397 g/mol. The molecule has 0 aliphatic heterocycles. The van der Waals surface area contributed by atoms with Crippen molar-refractivity contribution < 1.29 is 9.18 Å². The molecule has 4 aliphatic rings. The lowest BCUT2D eigenvalue weighted by atomic mass is 9.49. The zero-order valence-electron chi connectivity index (χ0n) is 18.4. The number of hydrogen-bond acceptors (Lipinski definition) is 1. The molecule has 1 aromatic rings. The minimum absolute atomic E-state index is 0.127. The maximum Gasteiger partial charge on any atom is 0.166 e. The summed E-state index contributed by atoms with van der Waals surface area (Å²) >= 11 is 0. The number of aryl methyl sites for hydroxylation is 1. The Balaban J connectivity index is 1.37. The van der Waals surface area contributed by atoms with E-state index in [9.17, 15) is 9.18 Å². The largest absolute Gasteiger partial charge is 0.294 e. The van der Waals surface area contributed by atoms with Gasteiger partial charge in [0, 0.05) is 11.5 Å². The molecule has 2 heteroatoms. The van der Waals surface area contributed by atoms with Crippen LogP contribution in [0.2, 0.25) is 0 Å². The van der Waals surface area contributed by atoms with Gasteiger partial charge in [0.15, 0.2) is 5.78 Å². The van der Waals surface area contributed by atoms with E-state index in [1.165, 1.54) is 57.4 Å². The summed E-state index contributed by atoms with van der Waals surface area (Å²) in [7, 11) is 0. The van der Waals surface area contributed by atoms with Crippen molar-refractivity contribution in [1.82, 2.24) is 0 Å². The van der Waals surface area contributed by atoms with E-state index in [0.29, 0.717) is 5.56 Å². The second kappa shape index (κ2) is 7.20. The highest BCUT2D eigenvalue weighted by atomic mass is 19.1. The summed E-state index contributed by atoms with van der Waals surface area (Å²) in [5, 5.41) is 0. The van der Waals surface area contributed by atoms with Crippen LogP contribution >= 0.6 is 0 Å². The first-order valence-corrected chi connectivity index (χ1v) is 12.2. The number of hydrogen-bond donors (Lipinski definition) is 0. The van der Waals surface area contributed by atoms with Crippen LogP contribution in [0.3, 0.4) is 0 Å². The number of benzene rings is 1. The summed E-state index contributed by atoms with van der Waals surface area (Å²) in [6.45, 7) is 6.64. The van der Waals surface area contributed by atoms with E-state index >= 15 is 0 Å². The van der Waals surface area contributed by atoms with Crippen LogP contribution in [0, 0.1) is 59.6 Å². The van der Waals surface area contributed by atoms with Crippen LogP contribution in [0.1, 0.15) is 87.6 Å². The number of ketones is 1. The standard InChI is InChI=1S/C27H37FO/c1-16-4-7-20-18(14-16)5-8-22-21(20)12-13-27(3)23(22)9-10-24(27)26(29)19-6-11-25(28)17(2)15-19/h6,11,15-16,18,20-24H,4-5,7-10,12-14H2,1-3H3/t16-,18-,20-,21?,22+,23-,24+,27-/m0/s1. The predicted molar refractivity (Wildman–Crippen MR) is 115 cm³/mol. The molecular formula is C27H37FO. The Morgan fingerprint density at radius 2 is 1.79 bits per heavy atom. The van der Waals surface area contributed by atoms with Crippen LogP contribution < -0.4 is 0 Å². The molecule has 29 heavy (non-hydrogen) atoms. The Kier molecular flexibility index (Phi) is 4.91. The summed E-state index contributed by atoms with van der Waals surface area (Å²) < 4.78 is 13.7. The molecule has 4 fully saturated rings. The Morgan fingerprint density at radius 1 is 1.00 bits per heavy atom. The number of rotatable bonds is 2. The molecule has 1 aromatic carbocycles. The molecule has 1 nitrogen and oxygen atoms in total. The Labute approximate surface area is 175 Å². The summed E-state index contributed by atoms with van der Waals surface area (Å²) in [5.74, 6) is 5.54. The lowest BCUT2D eigenvalue weighted by Gasteiger charge is -2.56. The van der Waals surface area contributed by atoms with Crippen molar-refractivity contribution in [3.63, 3.8) is 0 Å². The summed E-state index contributed by atoms with van der Waals surface area (Å²) in [5.41, 5.74) is 1.46. The first kappa shape index (κ1) is 19.8. The van der Waals surface area contributed by atoms with Crippen LogP contribution in [0.5, 0.6) is 0 Å². The third-order valence-corrected chi connectivity index (χ3v) is 9.98. The fraction of sp³-hybridized carbons (Fsp3) is 0.741. The third-order valence-electron chi connectivity index (χ3n) is 9.98. The van der Waals surface area contributed by atoms with Gasteiger partial charge in [0.2, 0.25) is 0 Å². The van der Waals surface area contributed by atoms with Crippen molar-refractivity contribution in [2.24, 2.45) is 46.8 Å². The minimum atomic E-state index is -0.212. The van der Waals surface area contributed by atoms with Gasteiger partial charge in [-0.25, -0.2) is 4.39 Å². The number of carbonyl (C=O) groups excluding carboxylic acids is 1. The Hall–Kier alpha value is -1.18. The molecule has 0 N–H and O–H groups in total. The van der Waals surface area contributed by atoms with Crippen molar-refractivity contribution in [2.75, 3.05) is 0 Å². The highest BCUT2D eigenvalue weighted by Crippen LogP contribution is 2.64. The second-order valence-corrected chi connectivity index (χ2v) is 11.4. The number of fused-ring (bicyclic) bond motifs is 5. The van der Waals surface area contributed by atoms with Crippen LogP contribution in [0.25, 0.3) is 0 Å². The molecule has 0 aromatic heterocycles. The Bertz CT molecular complexity index is 800. The summed E-state index contributed by atoms with van der Waals surface area (Å²) in [4.78, 5) is 13.5. The lowest BCUT2D eigenvalue weighted by Crippen LogP contribution is -2.49. The summed E-state index contributed by atoms with van der Waals surface area (Å²) in [6.07, 6.45) is 12.0. The van der Waals surface area contributed by atoms with Crippen LogP contribution in [0.4, 0.5) is 4.39 Å². The molecule has 0 saturated heterocycles. The monoisotopic (exact) mass is 396 g/mol. The molecule has 1 unspecified atom stereocenters. The van der Waals surface area contributed by atoms with E-state index in [2.05, 4.69) is 13.8 Å². The molecular weight excluding hydrogens is 359 g/mol. The highest BCUT2D eigenvalue weighted by molar-refractivity contribution is 5.98. The van der Waals surface area contributed by atoms with E-state index in [-0.39, 0.29) is 22.9 Å². The first-order chi connectivity index (χ1) is 13.9. The van der Waals surface area contributed by atoms with E-state index in [1.807, 2.05) is 0 Å². The molecule has 0 radical (unpaired) electrons.